The van der Waals surface area contributed by atoms with Crippen LogP contribution >= 0.6 is 23.2 Å². The number of aromatic hydroxyl groups is 2. The Morgan fingerprint density at radius 2 is 1.04 bits per heavy atom. The number of sulfone groups is 1. The zero-order valence-electron chi connectivity index (χ0n) is 40.9. The minimum atomic E-state index is -5.57. The predicted molar refractivity (Wildman–Crippen MR) is 292 cm³/mol. The summed E-state index contributed by atoms with van der Waals surface area (Å²) in [7, 11) is -36.6. The maximum Gasteiger partial charge on any atom is 0.398 e. The molecular weight excluding hydrogens is 1350 g/mol. The molecule has 0 saturated carbocycles. The number of alkyl halides is 1. The van der Waals surface area contributed by atoms with E-state index in [0.29, 0.717) is 36.4 Å². The van der Waals surface area contributed by atoms with Crippen molar-refractivity contribution in [2.24, 2.45) is 20.5 Å². The Kier molecular flexibility index (Phi) is 19.2. The molecule has 0 amide bonds. The monoisotopic (exact) mass is 1380 g/mol. The third-order valence-electron chi connectivity index (χ3n) is 10.5. The van der Waals surface area contributed by atoms with Crippen LogP contribution in [0.15, 0.2) is 129 Å². The van der Waals surface area contributed by atoms with Gasteiger partial charge in [-0.05, 0) is 101 Å². The fraction of sp³-hybridized carbons (Fsp3) is 0.103. The minimum Gasteiger partial charge on any atom is -0.505 e. The largest absolute Gasteiger partial charge is 0.505 e. The van der Waals surface area contributed by atoms with E-state index in [1.54, 1.807) is 0 Å². The van der Waals surface area contributed by atoms with Gasteiger partial charge in [-0.3, -0.25) is 41.8 Å². The Morgan fingerprint density at radius 1 is 0.553 bits per heavy atom. The van der Waals surface area contributed by atoms with Gasteiger partial charge in [0, 0.05) is 10.8 Å². The summed E-state index contributed by atoms with van der Waals surface area (Å²) in [6.45, 7) is -0.299. The number of halogens is 2. The second-order valence-corrected chi connectivity index (χ2v) is 28.0. The number of benzene rings is 6. The van der Waals surface area contributed by atoms with Gasteiger partial charge < -0.3 is 20.8 Å². The highest BCUT2D eigenvalue weighted by molar-refractivity contribution is 7.92. The first-order chi connectivity index (χ1) is 39.2. The van der Waals surface area contributed by atoms with Gasteiger partial charge in [-0.15, -0.1) is 15.3 Å². The summed E-state index contributed by atoms with van der Waals surface area (Å²) in [4.78, 5) is 10.6. The quantitative estimate of drug-likeness (QED) is 0.0116. The number of azo groups is 2. The third-order valence-corrected chi connectivity index (χ3v) is 18.1. The summed E-state index contributed by atoms with van der Waals surface area (Å²) >= 11 is 9.73. The number of anilines is 5. The van der Waals surface area contributed by atoms with Crippen LogP contribution in [0.2, 0.25) is 5.28 Å². The number of aromatic nitrogens is 3. The van der Waals surface area contributed by atoms with Crippen molar-refractivity contribution in [2.75, 3.05) is 40.5 Å². The maximum atomic E-state index is 12.8. The van der Waals surface area contributed by atoms with Crippen molar-refractivity contribution in [2.45, 2.75) is 29.4 Å². The molecule has 7 aromatic rings. The van der Waals surface area contributed by atoms with E-state index in [9.17, 15) is 96.1 Å². The van der Waals surface area contributed by atoms with Crippen molar-refractivity contribution in [1.29, 1.82) is 0 Å². The predicted octanol–water partition coefficient (Wildman–Crippen LogP) is 5.56. The van der Waals surface area contributed by atoms with Gasteiger partial charge in [0.25, 0.3) is 50.6 Å². The molecule has 0 saturated heterocycles. The van der Waals surface area contributed by atoms with Crippen LogP contribution in [0.4, 0.5) is 51.7 Å². The zero-order chi connectivity index (χ0) is 63.0. The molecule has 36 nitrogen and oxygen atoms in total. The molecule has 0 aliphatic rings. The van der Waals surface area contributed by atoms with Crippen LogP contribution in [0.25, 0.3) is 21.5 Å². The smallest absolute Gasteiger partial charge is 0.398 e. The van der Waals surface area contributed by atoms with E-state index >= 15 is 0 Å². The first kappa shape index (κ1) is 65.6. The lowest BCUT2D eigenvalue weighted by Gasteiger charge is -2.16. The molecule has 0 spiro atoms. The van der Waals surface area contributed by atoms with Crippen LogP contribution in [0, 0.1) is 0 Å². The summed E-state index contributed by atoms with van der Waals surface area (Å²) < 4.78 is 253. The molecule has 46 heteroatoms. The van der Waals surface area contributed by atoms with Crippen molar-refractivity contribution in [1.82, 2.24) is 15.0 Å². The van der Waals surface area contributed by atoms with Crippen LogP contribution in [-0.4, -0.2) is 140 Å². The maximum absolute atomic E-state index is 12.8. The summed E-state index contributed by atoms with van der Waals surface area (Å²) in [5, 5.41) is 39.7. The number of hydrogen-bond acceptors (Lipinski definition) is 30. The number of hydrogen-bond donors (Lipinski definition) is 11. The van der Waals surface area contributed by atoms with E-state index in [1.807, 2.05) is 0 Å². The lowest BCUT2D eigenvalue weighted by Crippen LogP contribution is -2.14. The summed E-state index contributed by atoms with van der Waals surface area (Å²) in [6, 6.07) is 9.22. The fourth-order valence-electron chi connectivity index (χ4n) is 7.06. The highest BCUT2D eigenvalue weighted by Crippen LogP contribution is 2.48. The Morgan fingerprint density at radius 3 is 1.48 bits per heavy atom. The summed E-state index contributed by atoms with van der Waals surface area (Å²) in [5.74, 6) is -5.94. The van der Waals surface area contributed by atoms with Crippen molar-refractivity contribution in [3.05, 3.63) is 84.1 Å². The molecule has 85 heavy (non-hydrogen) atoms. The van der Waals surface area contributed by atoms with Gasteiger partial charge in [-0.1, -0.05) is 11.6 Å². The molecule has 11 N–H and O–H groups in total. The second kappa shape index (κ2) is 24.8. The first-order valence-electron chi connectivity index (χ1n) is 21.6. The highest BCUT2D eigenvalue weighted by atomic mass is 35.5. The van der Waals surface area contributed by atoms with Crippen LogP contribution in [0.1, 0.15) is 0 Å². The van der Waals surface area contributed by atoms with Crippen molar-refractivity contribution in [3.8, 4) is 11.5 Å². The van der Waals surface area contributed by atoms with E-state index in [4.69, 9.17) is 32.6 Å². The number of rotatable bonds is 24. The molecule has 1 aromatic heterocycles. The van der Waals surface area contributed by atoms with E-state index in [0.717, 1.165) is 42.5 Å². The molecule has 1 unspecified atom stereocenters. The van der Waals surface area contributed by atoms with Gasteiger partial charge >= 0.3 is 10.4 Å². The lowest BCUT2D eigenvalue weighted by atomic mass is 10.1. The second-order valence-electron chi connectivity index (χ2n) is 16.2. The molecule has 0 aliphatic carbocycles. The van der Waals surface area contributed by atoms with E-state index in [2.05, 4.69) is 59.9 Å². The van der Waals surface area contributed by atoms with Crippen molar-refractivity contribution in [3.63, 3.8) is 0 Å². The first-order valence-corrected chi connectivity index (χ1v) is 34.0. The van der Waals surface area contributed by atoms with Gasteiger partial charge in [0.2, 0.25) is 27.0 Å². The van der Waals surface area contributed by atoms with Crippen LogP contribution in [0.3, 0.4) is 0 Å². The molecular formula is C39H32Cl2N10O26S8. The SMILES string of the molecule is O=S(CCONc1ccc(S(=O)(=O)O)c(N=Nc2c(S(=O)(=O)O)cc3cc(S(=O)(=O)O)cc(Nc4nc(Cl)nc(Nc5cc(S(=O)(=O)O)cc6cc(S(=O)(=O)O)c(N=Nc7ccc(S(=O)(=O)COS(=O)(=O)O)cc7)c(O)c56)n4)c3c2O)c1)OCCl. The van der Waals surface area contributed by atoms with Gasteiger partial charge in [0.1, 0.15) is 37.8 Å². The van der Waals surface area contributed by atoms with E-state index < -0.39 is 202 Å². The molecule has 0 aliphatic heterocycles. The molecule has 0 fully saturated rings. The summed E-state index contributed by atoms with van der Waals surface area (Å²) in [6.07, 6.45) is 0. The topological polar surface area (TPSA) is 570 Å². The normalized spacial score (nSPS) is 13.5. The Bertz CT molecular complexity index is 4820. The van der Waals surface area contributed by atoms with Gasteiger partial charge in [0.05, 0.1) is 49.8 Å². The highest BCUT2D eigenvalue weighted by Gasteiger charge is 2.29. The van der Waals surface area contributed by atoms with Gasteiger partial charge in [-0.25, -0.2) is 16.8 Å². The average Bonchev–Trinajstić information content (AvgIpc) is 0.928. The van der Waals surface area contributed by atoms with E-state index in [-0.39, 0.29) is 23.7 Å². The lowest BCUT2D eigenvalue weighted by molar-refractivity contribution is 0.210. The molecule has 1 heterocycles. The number of phenolic OH excluding ortho intramolecular Hbond substituents is 2. The Hall–Kier alpha value is -6.93. The van der Waals surface area contributed by atoms with Crippen LogP contribution < -0.4 is 16.1 Å². The number of nitrogens with zero attached hydrogens (tertiary/aromatic N) is 7. The molecule has 6 aromatic carbocycles. The van der Waals surface area contributed by atoms with E-state index in [1.165, 1.54) is 0 Å². The third kappa shape index (κ3) is 16.3. The fourth-order valence-corrected chi connectivity index (χ4v) is 12.6. The summed E-state index contributed by atoms with van der Waals surface area (Å²) in [5.41, 5.74) is -2.62. The van der Waals surface area contributed by atoms with Gasteiger partial charge in [0.15, 0.2) is 28.5 Å². The number of fused-ring (bicyclic) bond motifs is 2. The average molecular weight is 1380 g/mol. The number of phenols is 2. The molecule has 0 radical (unpaired) electrons. The van der Waals surface area contributed by atoms with Crippen LogP contribution in [-0.2, 0) is 95.1 Å². The van der Waals surface area contributed by atoms with Crippen LogP contribution in [0.5, 0.6) is 11.5 Å². The standard InChI is InChI=1S/C39H32Cl2N10O26S8/c40-16-76-78(54)8-7-75-51-21-3-6-28(82(63,64)65)25(13-21)48-50-34-30(84(69,70)71)12-19-10-24(81(60,61)62)15-27(32(19)36(34)53)43-39-45-37(41)44-38(46-39)42-26-14-23(80(57,58)59)9-18-11-29(83(66,67)68)33(35(52)31(18)26)49-47-20-1-4-22(5-2-20)79(55,56)17-77-85(72,73)74/h1-6,9-15,51-53H,7-8,16-17H2,(H,57,58,59)(H,60,61,62)(H,63,64,65)(H,66,67,68)(H,69,70,71)(H,72,73,74)(H2,42,43,44,45,46). The zero-order valence-corrected chi connectivity index (χ0v) is 49.0. The number of nitrogens with one attached hydrogen (secondary N) is 3. The van der Waals surface area contributed by atoms with Crippen molar-refractivity contribution < 1.29 is 114 Å². The van der Waals surface area contributed by atoms with Crippen molar-refractivity contribution >= 4 is 178 Å². The Balaban J connectivity index is 1.34. The molecule has 456 valence electrons. The Labute approximate surface area is 489 Å². The molecule has 1 atom stereocenters. The minimum absolute atomic E-state index is 0.135. The molecule has 0 bridgehead atoms. The van der Waals surface area contributed by atoms with Gasteiger partial charge in [-0.2, -0.15) is 70.6 Å². The molecule has 7 rings (SSSR count).